The molecule has 1 heterocycles. The summed E-state index contributed by atoms with van der Waals surface area (Å²) < 4.78 is 0. The molecule has 118 valence electrons. The summed E-state index contributed by atoms with van der Waals surface area (Å²) in [7, 11) is 6.17. The maximum Gasteiger partial charge on any atom is 0.221 e. The Bertz CT molecular complexity index is 263. The molecule has 1 aliphatic heterocycles. The molecule has 0 spiro atoms. The van der Waals surface area contributed by atoms with E-state index in [2.05, 4.69) is 22.2 Å². The van der Waals surface area contributed by atoms with Crippen molar-refractivity contribution in [2.45, 2.75) is 25.7 Å². The molecular weight excluding hydrogens is 252 g/mol. The van der Waals surface area contributed by atoms with Crippen molar-refractivity contribution >= 4 is 5.91 Å². The SMILES string of the molecule is CN(C)CCC(=O)NCCCCCN1CCN(C)CC1. The molecule has 0 radical (unpaired) electrons. The quantitative estimate of drug-likeness (QED) is 0.625. The van der Waals surface area contributed by atoms with E-state index in [1.165, 1.54) is 45.6 Å². The van der Waals surface area contributed by atoms with E-state index in [0.717, 1.165) is 19.5 Å². The first kappa shape index (κ1) is 17.4. The molecule has 0 bridgehead atoms. The third kappa shape index (κ3) is 8.51. The fourth-order valence-electron chi connectivity index (χ4n) is 2.35. The van der Waals surface area contributed by atoms with Crippen molar-refractivity contribution in [2.75, 3.05) is 67.0 Å². The Morgan fingerprint density at radius 3 is 2.45 bits per heavy atom. The first-order valence-electron chi connectivity index (χ1n) is 7.90. The summed E-state index contributed by atoms with van der Waals surface area (Å²) in [5.74, 6) is 0.178. The lowest BCUT2D eigenvalue weighted by molar-refractivity contribution is -0.121. The van der Waals surface area contributed by atoms with Crippen LogP contribution >= 0.6 is 0 Å². The zero-order valence-electron chi connectivity index (χ0n) is 13.5. The Kier molecular flexibility index (Phi) is 8.82. The molecule has 5 heteroatoms. The van der Waals surface area contributed by atoms with E-state index in [0.29, 0.717) is 6.42 Å². The number of nitrogens with zero attached hydrogens (tertiary/aromatic N) is 3. The number of nitrogens with one attached hydrogen (secondary N) is 1. The van der Waals surface area contributed by atoms with Crippen molar-refractivity contribution in [3.05, 3.63) is 0 Å². The van der Waals surface area contributed by atoms with Crippen LogP contribution in [0.25, 0.3) is 0 Å². The third-order valence-electron chi connectivity index (χ3n) is 3.86. The number of unbranched alkanes of at least 4 members (excludes halogenated alkanes) is 2. The summed E-state index contributed by atoms with van der Waals surface area (Å²) in [6.07, 6.45) is 4.16. The molecule has 1 fully saturated rings. The fraction of sp³-hybridized carbons (Fsp3) is 0.933. The molecule has 1 aliphatic rings. The van der Waals surface area contributed by atoms with E-state index in [1.54, 1.807) is 0 Å². The summed E-state index contributed by atoms with van der Waals surface area (Å²) in [5, 5.41) is 3.00. The number of rotatable bonds is 9. The van der Waals surface area contributed by atoms with Crippen molar-refractivity contribution in [3.63, 3.8) is 0 Å². The lowest BCUT2D eigenvalue weighted by Crippen LogP contribution is -2.44. The van der Waals surface area contributed by atoms with Crippen molar-refractivity contribution in [3.8, 4) is 0 Å². The highest BCUT2D eigenvalue weighted by Crippen LogP contribution is 2.02. The minimum Gasteiger partial charge on any atom is -0.356 e. The zero-order chi connectivity index (χ0) is 14.8. The minimum absolute atomic E-state index is 0.178. The van der Waals surface area contributed by atoms with E-state index in [4.69, 9.17) is 0 Å². The van der Waals surface area contributed by atoms with Crippen LogP contribution in [-0.2, 0) is 4.79 Å². The molecule has 0 unspecified atom stereocenters. The maximum atomic E-state index is 11.5. The van der Waals surface area contributed by atoms with Crippen LogP contribution in [0.4, 0.5) is 0 Å². The Morgan fingerprint density at radius 1 is 1.10 bits per heavy atom. The second kappa shape index (κ2) is 10.1. The number of hydrogen-bond donors (Lipinski definition) is 1. The van der Waals surface area contributed by atoms with Gasteiger partial charge in [0, 0.05) is 45.7 Å². The molecule has 1 N–H and O–H groups in total. The number of piperazine rings is 1. The maximum absolute atomic E-state index is 11.5. The standard InChI is InChI=1S/C15H32N4O/c1-17(2)10-7-15(20)16-8-5-4-6-9-19-13-11-18(3)12-14-19/h4-14H2,1-3H3,(H,16,20). The summed E-state index contributed by atoms with van der Waals surface area (Å²) in [4.78, 5) is 18.5. The van der Waals surface area contributed by atoms with Crippen LogP contribution < -0.4 is 5.32 Å². The van der Waals surface area contributed by atoms with Gasteiger partial charge in [-0.2, -0.15) is 0 Å². The molecular formula is C15H32N4O. The van der Waals surface area contributed by atoms with Crippen LogP contribution in [0.15, 0.2) is 0 Å². The third-order valence-corrected chi connectivity index (χ3v) is 3.86. The number of hydrogen-bond acceptors (Lipinski definition) is 4. The minimum atomic E-state index is 0.178. The van der Waals surface area contributed by atoms with Gasteiger partial charge in [-0.05, 0) is 40.5 Å². The molecule has 1 saturated heterocycles. The van der Waals surface area contributed by atoms with Crippen LogP contribution in [0.5, 0.6) is 0 Å². The Balaban J connectivity index is 1.88. The molecule has 0 aliphatic carbocycles. The first-order chi connectivity index (χ1) is 9.58. The van der Waals surface area contributed by atoms with Gasteiger partial charge in [0.15, 0.2) is 0 Å². The second-order valence-electron chi connectivity index (χ2n) is 6.11. The van der Waals surface area contributed by atoms with Crippen molar-refractivity contribution in [1.29, 1.82) is 0 Å². The van der Waals surface area contributed by atoms with Crippen LogP contribution in [0.2, 0.25) is 0 Å². The molecule has 5 nitrogen and oxygen atoms in total. The molecule has 20 heavy (non-hydrogen) atoms. The van der Waals surface area contributed by atoms with E-state index >= 15 is 0 Å². The Hall–Kier alpha value is -0.650. The van der Waals surface area contributed by atoms with Gasteiger partial charge in [0.25, 0.3) is 0 Å². The van der Waals surface area contributed by atoms with Crippen molar-refractivity contribution in [2.24, 2.45) is 0 Å². The summed E-state index contributed by atoms with van der Waals surface area (Å²) in [5.41, 5.74) is 0. The largest absolute Gasteiger partial charge is 0.356 e. The summed E-state index contributed by atoms with van der Waals surface area (Å²) in [6, 6.07) is 0. The van der Waals surface area contributed by atoms with Gasteiger partial charge in [0.05, 0.1) is 0 Å². The highest BCUT2D eigenvalue weighted by Gasteiger charge is 2.12. The van der Waals surface area contributed by atoms with E-state index in [9.17, 15) is 4.79 Å². The predicted molar refractivity (Wildman–Crippen MR) is 84.0 cm³/mol. The van der Waals surface area contributed by atoms with Gasteiger partial charge in [-0.15, -0.1) is 0 Å². The topological polar surface area (TPSA) is 38.8 Å². The van der Waals surface area contributed by atoms with E-state index in [-0.39, 0.29) is 5.91 Å². The molecule has 0 aromatic rings. The molecule has 0 atom stereocenters. The van der Waals surface area contributed by atoms with Gasteiger partial charge in [-0.1, -0.05) is 6.42 Å². The molecule has 1 amide bonds. The van der Waals surface area contributed by atoms with Crippen LogP contribution in [0, 0.1) is 0 Å². The Morgan fingerprint density at radius 2 is 1.80 bits per heavy atom. The van der Waals surface area contributed by atoms with E-state index in [1.807, 2.05) is 19.0 Å². The van der Waals surface area contributed by atoms with Crippen LogP contribution in [-0.4, -0.2) is 87.6 Å². The summed E-state index contributed by atoms with van der Waals surface area (Å²) >= 11 is 0. The van der Waals surface area contributed by atoms with Crippen LogP contribution in [0.3, 0.4) is 0 Å². The number of carbonyl (C=O) groups is 1. The lowest BCUT2D eigenvalue weighted by Gasteiger charge is -2.32. The van der Waals surface area contributed by atoms with Gasteiger partial charge < -0.3 is 20.0 Å². The Labute approximate surface area is 124 Å². The average molecular weight is 284 g/mol. The van der Waals surface area contributed by atoms with Gasteiger partial charge in [0.1, 0.15) is 0 Å². The van der Waals surface area contributed by atoms with Gasteiger partial charge in [-0.25, -0.2) is 0 Å². The normalized spacial score (nSPS) is 17.6. The number of carbonyl (C=O) groups excluding carboxylic acids is 1. The van der Waals surface area contributed by atoms with Gasteiger partial charge in [0.2, 0.25) is 5.91 Å². The van der Waals surface area contributed by atoms with Gasteiger partial charge >= 0.3 is 0 Å². The lowest BCUT2D eigenvalue weighted by atomic mass is 10.2. The van der Waals surface area contributed by atoms with Crippen molar-refractivity contribution in [1.82, 2.24) is 20.0 Å². The smallest absolute Gasteiger partial charge is 0.221 e. The fourth-order valence-corrected chi connectivity index (χ4v) is 2.35. The number of amides is 1. The number of likely N-dealkylation sites (N-methyl/N-ethyl adjacent to an activating group) is 1. The zero-order valence-corrected chi connectivity index (χ0v) is 13.5. The van der Waals surface area contributed by atoms with E-state index < -0.39 is 0 Å². The molecule has 0 aromatic heterocycles. The molecule has 0 aromatic carbocycles. The molecule has 0 saturated carbocycles. The highest BCUT2D eigenvalue weighted by molar-refractivity contribution is 5.75. The van der Waals surface area contributed by atoms with Crippen LogP contribution in [0.1, 0.15) is 25.7 Å². The van der Waals surface area contributed by atoms with Gasteiger partial charge in [-0.3, -0.25) is 4.79 Å². The highest BCUT2D eigenvalue weighted by atomic mass is 16.1. The first-order valence-corrected chi connectivity index (χ1v) is 7.90. The second-order valence-corrected chi connectivity index (χ2v) is 6.11. The average Bonchev–Trinajstić information content (AvgIpc) is 2.42. The van der Waals surface area contributed by atoms with Crippen molar-refractivity contribution < 1.29 is 4.79 Å². The predicted octanol–water partition coefficient (Wildman–Crippen LogP) is 0.472. The monoisotopic (exact) mass is 284 g/mol. The summed E-state index contributed by atoms with van der Waals surface area (Å²) in [6.45, 7) is 7.67. The molecule has 1 rings (SSSR count).